The Bertz CT molecular complexity index is 536. The molecule has 0 unspecified atom stereocenters. The highest BCUT2D eigenvalue weighted by Gasteiger charge is 2.04. The second-order valence-corrected chi connectivity index (χ2v) is 3.67. The molecule has 0 aliphatic carbocycles. The van der Waals surface area contributed by atoms with Crippen LogP contribution >= 0.6 is 0 Å². The van der Waals surface area contributed by atoms with Crippen molar-refractivity contribution in [2.75, 3.05) is 5.32 Å². The summed E-state index contributed by atoms with van der Waals surface area (Å²) in [6, 6.07) is 3.62. The molecule has 2 aromatic rings. The van der Waals surface area contributed by atoms with Crippen LogP contribution in [0.15, 0.2) is 30.9 Å². The van der Waals surface area contributed by atoms with Crippen LogP contribution in [-0.4, -0.2) is 20.9 Å². The molecule has 0 fully saturated rings. The molecule has 2 rings (SSSR count). The largest absolute Gasteiger partial charge is 0.311 e. The maximum Gasteiger partial charge on any atom is 0.222 e. The molecule has 2 aromatic heterocycles. The number of nitrogens with zero attached hydrogens (tertiary/aromatic N) is 3. The van der Waals surface area contributed by atoms with E-state index in [9.17, 15) is 4.79 Å². The lowest BCUT2D eigenvalue weighted by Gasteiger charge is -2.05. The molecular formula is C12H12N4O. The van der Waals surface area contributed by atoms with Crippen molar-refractivity contribution in [1.29, 1.82) is 0 Å². The molecular weight excluding hydrogens is 216 g/mol. The average molecular weight is 228 g/mol. The maximum atomic E-state index is 10.9. The fourth-order valence-electron chi connectivity index (χ4n) is 1.49. The summed E-state index contributed by atoms with van der Waals surface area (Å²) in [5, 5.41) is 2.62. The smallest absolute Gasteiger partial charge is 0.222 e. The lowest BCUT2D eigenvalue weighted by atomic mass is 10.1. The van der Waals surface area contributed by atoms with Crippen molar-refractivity contribution in [3.63, 3.8) is 0 Å². The number of aromatic nitrogens is 3. The number of carbonyl (C=O) groups is 1. The SMILES string of the molecule is CC(=O)Nc1ccc(-c2ncncc2C)cn1. The standard InChI is InChI=1S/C12H12N4O/c1-8-5-13-7-15-12(8)10-3-4-11(14-6-10)16-9(2)17/h3-7H,1-2H3,(H,14,16,17). The fourth-order valence-corrected chi connectivity index (χ4v) is 1.49. The Kier molecular flexibility index (Phi) is 3.09. The zero-order valence-electron chi connectivity index (χ0n) is 9.64. The molecule has 17 heavy (non-hydrogen) atoms. The zero-order valence-corrected chi connectivity index (χ0v) is 9.64. The highest BCUT2D eigenvalue weighted by molar-refractivity contribution is 5.87. The molecule has 86 valence electrons. The van der Waals surface area contributed by atoms with Crippen molar-refractivity contribution in [3.05, 3.63) is 36.4 Å². The predicted octanol–water partition coefficient (Wildman–Crippen LogP) is 1.81. The predicted molar refractivity (Wildman–Crippen MR) is 64.3 cm³/mol. The average Bonchev–Trinajstić information content (AvgIpc) is 2.30. The highest BCUT2D eigenvalue weighted by atomic mass is 16.1. The van der Waals surface area contributed by atoms with Gasteiger partial charge in [-0.3, -0.25) is 4.79 Å². The molecule has 0 atom stereocenters. The first-order chi connectivity index (χ1) is 8.16. The molecule has 5 nitrogen and oxygen atoms in total. The maximum absolute atomic E-state index is 10.9. The van der Waals surface area contributed by atoms with Crippen LogP contribution in [0.2, 0.25) is 0 Å². The van der Waals surface area contributed by atoms with E-state index in [-0.39, 0.29) is 5.91 Å². The van der Waals surface area contributed by atoms with E-state index in [1.807, 2.05) is 13.0 Å². The molecule has 0 bridgehead atoms. The summed E-state index contributed by atoms with van der Waals surface area (Å²) in [5.74, 6) is 0.399. The normalized spacial score (nSPS) is 10.0. The quantitative estimate of drug-likeness (QED) is 0.851. The van der Waals surface area contributed by atoms with Crippen LogP contribution < -0.4 is 5.32 Å². The van der Waals surface area contributed by atoms with Gasteiger partial charge in [-0.15, -0.1) is 0 Å². The summed E-state index contributed by atoms with van der Waals surface area (Å²) in [4.78, 5) is 23.1. The van der Waals surface area contributed by atoms with Gasteiger partial charge in [-0.05, 0) is 24.6 Å². The van der Waals surface area contributed by atoms with Gasteiger partial charge in [-0.1, -0.05) is 0 Å². The third-order valence-corrected chi connectivity index (χ3v) is 2.24. The van der Waals surface area contributed by atoms with Crippen LogP contribution in [0.3, 0.4) is 0 Å². The topological polar surface area (TPSA) is 67.8 Å². The first-order valence-electron chi connectivity index (χ1n) is 5.17. The molecule has 2 heterocycles. The van der Waals surface area contributed by atoms with Crippen LogP contribution in [-0.2, 0) is 4.79 Å². The highest BCUT2D eigenvalue weighted by Crippen LogP contribution is 2.19. The summed E-state index contributed by atoms with van der Waals surface area (Å²) in [7, 11) is 0. The summed E-state index contributed by atoms with van der Waals surface area (Å²) in [5.41, 5.74) is 2.74. The van der Waals surface area contributed by atoms with E-state index < -0.39 is 0 Å². The summed E-state index contributed by atoms with van der Waals surface area (Å²) in [6.45, 7) is 3.39. The monoisotopic (exact) mass is 228 g/mol. The Morgan fingerprint density at radius 1 is 1.24 bits per heavy atom. The van der Waals surface area contributed by atoms with Gasteiger partial charge in [0.1, 0.15) is 12.1 Å². The number of pyridine rings is 1. The summed E-state index contributed by atoms with van der Waals surface area (Å²) >= 11 is 0. The molecule has 0 aliphatic heterocycles. The third-order valence-electron chi connectivity index (χ3n) is 2.24. The summed E-state index contributed by atoms with van der Waals surface area (Å²) in [6.07, 6.45) is 4.94. The van der Waals surface area contributed by atoms with Crippen molar-refractivity contribution in [1.82, 2.24) is 15.0 Å². The van der Waals surface area contributed by atoms with Crippen molar-refractivity contribution in [2.45, 2.75) is 13.8 Å². The van der Waals surface area contributed by atoms with Gasteiger partial charge in [0.2, 0.25) is 5.91 Å². The molecule has 5 heteroatoms. The number of anilines is 1. The Labute approximate surface area is 99.0 Å². The van der Waals surface area contributed by atoms with E-state index in [4.69, 9.17) is 0 Å². The van der Waals surface area contributed by atoms with Gasteiger partial charge in [0.25, 0.3) is 0 Å². The van der Waals surface area contributed by atoms with E-state index in [1.54, 1.807) is 18.5 Å². The number of amides is 1. The minimum absolute atomic E-state index is 0.136. The molecule has 1 amide bonds. The number of nitrogens with one attached hydrogen (secondary N) is 1. The van der Waals surface area contributed by atoms with E-state index in [2.05, 4.69) is 20.3 Å². The van der Waals surface area contributed by atoms with Crippen molar-refractivity contribution >= 4 is 11.7 Å². The van der Waals surface area contributed by atoms with Crippen LogP contribution in [0.4, 0.5) is 5.82 Å². The summed E-state index contributed by atoms with van der Waals surface area (Å²) < 4.78 is 0. The van der Waals surface area contributed by atoms with E-state index >= 15 is 0 Å². The van der Waals surface area contributed by atoms with Crippen LogP contribution in [0.25, 0.3) is 11.3 Å². The van der Waals surface area contributed by atoms with Crippen molar-refractivity contribution < 1.29 is 4.79 Å². The molecule has 0 spiro atoms. The Morgan fingerprint density at radius 2 is 2.06 bits per heavy atom. The number of hydrogen-bond donors (Lipinski definition) is 1. The molecule has 0 aliphatic rings. The van der Waals surface area contributed by atoms with E-state index in [1.165, 1.54) is 13.3 Å². The van der Waals surface area contributed by atoms with Crippen molar-refractivity contribution in [2.24, 2.45) is 0 Å². The number of carbonyl (C=O) groups excluding carboxylic acids is 1. The third kappa shape index (κ3) is 2.63. The Balaban J connectivity index is 2.30. The van der Waals surface area contributed by atoms with Gasteiger partial charge < -0.3 is 5.32 Å². The lowest BCUT2D eigenvalue weighted by Crippen LogP contribution is -2.07. The number of aryl methyl sites for hydroxylation is 1. The second-order valence-electron chi connectivity index (χ2n) is 3.67. The minimum Gasteiger partial charge on any atom is -0.311 e. The lowest BCUT2D eigenvalue weighted by molar-refractivity contribution is -0.114. The van der Waals surface area contributed by atoms with E-state index in [0.717, 1.165) is 16.8 Å². The zero-order chi connectivity index (χ0) is 12.3. The van der Waals surface area contributed by atoms with Crippen LogP contribution in [0.5, 0.6) is 0 Å². The van der Waals surface area contributed by atoms with E-state index in [0.29, 0.717) is 5.82 Å². The van der Waals surface area contributed by atoms with Crippen LogP contribution in [0, 0.1) is 6.92 Å². The number of hydrogen-bond acceptors (Lipinski definition) is 4. The fraction of sp³-hybridized carbons (Fsp3) is 0.167. The van der Waals surface area contributed by atoms with Gasteiger partial charge >= 0.3 is 0 Å². The molecule has 0 saturated carbocycles. The molecule has 0 radical (unpaired) electrons. The molecule has 1 N–H and O–H groups in total. The Hall–Kier alpha value is -2.30. The van der Waals surface area contributed by atoms with Gasteiger partial charge in [-0.25, -0.2) is 15.0 Å². The van der Waals surface area contributed by atoms with Crippen LogP contribution in [0.1, 0.15) is 12.5 Å². The second kappa shape index (κ2) is 4.69. The van der Waals surface area contributed by atoms with Gasteiger partial charge in [-0.2, -0.15) is 0 Å². The van der Waals surface area contributed by atoms with Gasteiger partial charge in [0.15, 0.2) is 0 Å². The molecule has 0 aromatic carbocycles. The Morgan fingerprint density at radius 3 is 2.65 bits per heavy atom. The first kappa shape index (κ1) is 11.2. The minimum atomic E-state index is -0.136. The van der Waals surface area contributed by atoms with Gasteiger partial charge in [0.05, 0.1) is 5.69 Å². The molecule has 0 saturated heterocycles. The number of rotatable bonds is 2. The van der Waals surface area contributed by atoms with Gasteiger partial charge in [0, 0.05) is 24.9 Å². The first-order valence-corrected chi connectivity index (χ1v) is 5.17. The van der Waals surface area contributed by atoms with Crippen molar-refractivity contribution in [3.8, 4) is 11.3 Å².